The Kier molecular flexibility index (Phi) is 4.87. The lowest BCUT2D eigenvalue weighted by atomic mass is 10.3. The average molecular weight is 378 g/mol. The first-order valence-corrected chi connectivity index (χ1v) is 10.1. The monoisotopic (exact) mass is 378 g/mol. The van der Waals surface area contributed by atoms with Crippen molar-refractivity contribution in [2.75, 3.05) is 18.9 Å². The fourth-order valence-corrected chi connectivity index (χ4v) is 4.16. The molecule has 1 N–H and O–H groups in total. The maximum atomic E-state index is 12.4. The fraction of sp³-hybridized carbons (Fsp3) is 0.312. The lowest BCUT2D eigenvalue weighted by Gasteiger charge is -2.11. The molecule has 2 aromatic rings. The molecule has 1 amide bonds. The third-order valence-corrected chi connectivity index (χ3v) is 5.91. The lowest BCUT2D eigenvalue weighted by molar-refractivity contribution is 0.102. The van der Waals surface area contributed by atoms with E-state index in [4.69, 9.17) is 0 Å². The first-order chi connectivity index (χ1) is 11.8. The van der Waals surface area contributed by atoms with E-state index in [9.17, 15) is 13.2 Å². The summed E-state index contributed by atoms with van der Waals surface area (Å²) < 4.78 is 28.7. The van der Waals surface area contributed by atoms with Crippen molar-refractivity contribution in [3.05, 3.63) is 40.3 Å². The maximum Gasteiger partial charge on any atom is 0.283 e. The van der Waals surface area contributed by atoms with Gasteiger partial charge in [0.2, 0.25) is 0 Å². The van der Waals surface area contributed by atoms with E-state index in [2.05, 4.69) is 14.7 Å². The molecular weight excluding hydrogens is 360 g/mol. The minimum absolute atomic E-state index is 0.0998. The van der Waals surface area contributed by atoms with Crippen LogP contribution in [-0.2, 0) is 10.0 Å². The number of amidine groups is 1. The molecule has 1 aliphatic heterocycles. The van der Waals surface area contributed by atoms with Crippen molar-refractivity contribution in [3.8, 4) is 0 Å². The highest BCUT2D eigenvalue weighted by atomic mass is 32.2. The number of hydrogen-bond donors (Lipinski definition) is 1. The molecule has 0 unspecified atom stereocenters. The van der Waals surface area contributed by atoms with Gasteiger partial charge in [0.05, 0.1) is 9.90 Å². The SMILES string of the molecule is Cc1nc(C(=O)Nc2ccc(S(=O)(=O)/N=C3/CCCN3C)cc2)cs1. The minimum atomic E-state index is -3.75. The van der Waals surface area contributed by atoms with Gasteiger partial charge in [0, 0.05) is 31.1 Å². The number of aryl methyl sites for hydroxylation is 1. The number of likely N-dealkylation sites (tertiary alicyclic amines) is 1. The Labute approximate surface area is 150 Å². The molecule has 1 aliphatic rings. The number of carbonyl (C=O) groups excluding carboxylic acids is 1. The number of nitrogens with one attached hydrogen (secondary N) is 1. The van der Waals surface area contributed by atoms with Gasteiger partial charge in [0.15, 0.2) is 0 Å². The molecule has 1 fully saturated rings. The predicted octanol–water partition coefficient (Wildman–Crippen LogP) is 2.52. The molecule has 0 aliphatic carbocycles. The van der Waals surface area contributed by atoms with Gasteiger partial charge < -0.3 is 10.2 Å². The van der Waals surface area contributed by atoms with Crippen LogP contribution in [0.4, 0.5) is 5.69 Å². The predicted molar refractivity (Wildman–Crippen MR) is 97.7 cm³/mol. The van der Waals surface area contributed by atoms with Gasteiger partial charge in [0.1, 0.15) is 11.5 Å². The van der Waals surface area contributed by atoms with Crippen LogP contribution >= 0.6 is 11.3 Å². The topological polar surface area (TPSA) is 91.7 Å². The number of benzene rings is 1. The number of aromatic nitrogens is 1. The zero-order valence-electron chi connectivity index (χ0n) is 13.9. The van der Waals surface area contributed by atoms with Crippen molar-refractivity contribution in [2.24, 2.45) is 4.40 Å². The summed E-state index contributed by atoms with van der Waals surface area (Å²) in [6.07, 6.45) is 1.57. The largest absolute Gasteiger partial charge is 0.362 e. The van der Waals surface area contributed by atoms with Crippen molar-refractivity contribution >= 4 is 38.8 Å². The Balaban J connectivity index is 1.74. The summed E-state index contributed by atoms with van der Waals surface area (Å²) in [4.78, 5) is 18.1. The number of anilines is 1. The van der Waals surface area contributed by atoms with Gasteiger partial charge >= 0.3 is 0 Å². The summed E-state index contributed by atoms with van der Waals surface area (Å²) >= 11 is 1.39. The smallest absolute Gasteiger partial charge is 0.283 e. The van der Waals surface area contributed by atoms with Gasteiger partial charge in [-0.3, -0.25) is 4.79 Å². The number of amides is 1. The van der Waals surface area contributed by atoms with Crippen LogP contribution in [0.25, 0.3) is 0 Å². The van der Waals surface area contributed by atoms with Gasteiger partial charge in [-0.1, -0.05) is 0 Å². The van der Waals surface area contributed by atoms with Crippen LogP contribution in [0.2, 0.25) is 0 Å². The molecule has 0 saturated carbocycles. The zero-order valence-corrected chi connectivity index (χ0v) is 15.5. The van der Waals surface area contributed by atoms with Crippen molar-refractivity contribution < 1.29 is 13.2 Å². The quantitative estimate of drug-likeness (QED) is 0.883. The maximum absolute atomic E-state index is 12.4. The van der Waals surface area contributed by atoms with Crippen LogP contribution in [0.15, 0.2) is 38.9 Å². The van der Waals surface area contributed by atoms with E-state index in [1.54, 1.807) is 17.5 Å². The third-order valence-electron chi connectivity index (χ3n) is 3.82. The number of rotatable bonds is 4. The van der Waals surface area contributed by atoms with Crippen LogP contribution in [0.5, 0.6) is 0 Å². The molecular formula is C16H18N4O3S2. The van der Waals surface area contributed by atoms with Gasteiger partial charge in [0.25, 0.3) is 15.9 Å². The molecule has 0 bridgehead atoms. The highest BCUT2D eigenvalue weighted by Gasteiger charge is 2.20. The number of hydrogen-bond acceptors (Lipinski definition) is 5. The Bertz CT molecular complexity index is 917. The molecule has 0 radical (unpaired) electrons. The van der Waals surface area contributed by atoms with E-state index in [-0.39, 0.29) is 10.8 Å². The Morgan fingerprint density at radius 3 is 2.60 bits per heavy atom. The van der Waals surface area contributed by atoms with E-state index in [1.165, 1.54) is 23.5 Å². The molecule has 7 nitrogen and oxygen atoms in total. The Morgan fingerprint density at radius 1 is 1.32 bits per heavy atom. The van der Waals surface area contributed by atoms with Crippen LogP contribution in [0.3, 0.4) is 0 Å². The fourth-order valence-electron chi connectivity index (χ4n) is 2.47. The second kappa shape index (κ2) is 6.93. The molecule has 0 spiro atoms. The Morgan fingerprint density at radius 2 is 2.04 bits per heavy atom. The molecule has 1 saturated heterocycles. The first kappa shape index (κ1) is 17.6. The summed E-state index contributed by atoms with van der Waals surface area (Å²) in [5.74, 6) is 0.254. The van der Waals surface area contributed by atoms with E-state index < -0.39 is 10.0 Å². The van der Waals surface area contributed by atoms with Gasteiger partial charge in [-0.05, 0) is 37.6 Å². The standard InChI is InChI=1S/C16H18N4O3S2/c1-11-17-14(10-24-11)16(21)18-12-5-7-13(8-6-12)25(22,23)19-15-4-3-9-20(15)2/h5-8,10H,3-4,9H2,1-2H3,(H,18,21)/b19-15-. The van der Waals surface area contributed by atoms with Crippen molar-refractivity contribution in [2.45, 2.75) is 24.7 Å². The second-order valence-corrected chi connectivity index (χ2v) is 8.40. The third kappa shape index (κ3) is 4.05. The molecule has 1 aromatic heterocycles. The van der Waals surface area contributed by atoms with E-state index in [0.29, 0.717) is 23.6 Å². The summed E-state index contributed by atoms with van der Waals surface area (Å²) in [6, 6.07) is 5.97. The summed E-state index contributed by atoms with van der Waals surface area (Å²) in [7, 11) is -1.91. The molecule has 0 atom stereocenters. The summed E-state index contributed by atoms with van der Waals surface area (Å²) in [5, 5.41) is 5.18. The van der Waals surface area contributed by atoms with E-state index in [0.717, 1.165) is 18.0 Å². The molecule has 9 heteroatoms. The normalized spacial score (nSPS) is 16.4. The van der Waals surface area contributed by atoms with Crippen molar-refractivity contribution in [1.29, 1.82) is 0 Å². The first-order valence-electron chi connectivity index (χ1n) is 7.74. The van der Waals surface area contributed by atoms with Crippen molar-refractivity contribution in [1.82, 2.24) is 9.88 Å². The lowest BCUT2D eigenvalue weighted by Crippen LogP contribution is -2.20. The van der Waals surface area contributed by atoms with Crippen LogP contribution in [0.1, 0.15) is 28.3 Å². The van der Waals surface area contributed by atoms with Gasteiger partial charge in [-0.15, -0.1) is 15.7 Å². The molecule has 25 heavy (non-hydrogen) atoms. The van der Waals surface area contributed by atoms with Gasteiger partial charge in [-0.2, -0.15) is 8.42 Å². The van der Waals surface area contributed by atoms with Gasteiger partial charge in [-0.25, -0.2) is 4.98 Å². The molecule has 2 heterocycles. The Hall–Kier alpha value is -2.26. The molecule has 132 valence electrons. The van der Waals surface area contributed by atoms with E-state index in [1.807, 2.05) is 18.9 Å². The minimum Gasteiger partial charge on any atom is -0.362 e. The number of sulfonamides is 1. The van der Waals surface area contributed by atoms with Crippen LogP contribution in [-0.4, -0.2) is 43.6 Å². The van der Waals surface area contributed by atoms with Crippen molar-refractivity contribution in [3.63, 3.8) is 0 Å². The average Bonchev–Trinajstić information content (AvgIpc) is 3.17. The van der Waals surface area contributed by atoms with E-state index >= 15 is 0 Å². The van der Waals surface area contributed by atoms with Crippen LogP contribution < -0.4 is 5.32 Å². The number of carbonyl (C=O) groups is 1. The highest BCUT2D eigenvalue weighted by Crippen LogP contribution is 2.19. The second-order valence-electron chi connectivity index (χ2n) is 5.74. The van der Waals surface area contributed by atoms with Crippen LogP contribution in [0, 0.1) is 6.92 Å². The number of nitrogens with zero attached hydrogens (tertiary/aromatic N) is 3. The molecule has 3 rings (SSSR count). The summed E-state index contributed by atoms with van der Waals surface area (Å²) in [5.41, 5.74) is 0.843. The summed E-state index contributed by atoms with van der Waals surface area (Å²) in [6.45, 7) is 2.64. The highest BCUT2D eigenvalue weighted by molar-refractivity contribution is 7.90. The molecule has 1 aromatic carbocycles. The number of thiazole rings is 1. The zero-order chi connectivity index (χ0) is 18.0.